The van der Waals surface area contributed by atoms with Gasteiger partial charge in [-0.2, -0.15) is 0 Å². The quantitative estimate of drug-likeness (QED) is 0.494. The van der Waals surface area contributed by atoms with Gasteiger partial charge in [-0.15, -0.1) is 0 Å². The summed E-state index contributed by atoms with van der Waals surface area (Å²) in [5, 5.41) is 12.7. The number of carbonyl (C=O) groups excluding carboxylic acids is 1. The number of anilines is 2. The van der Waals surface area contributed by atoms with Crippen LogP contribution in [-0.2, 0) is 0 Å². The summed E-state index contributed by atoms with van der Waals surface area (Å²) in [5.74, 6) is -2.18. The minimum absolute atomic E-state index is 0.0378. The van der Waals surface area contributed by atoms with Crippen LogP contribution in [0.5, 0.6) is 0 Å². The van der Waals surface area contributed by atoms with E-state index in [9.17, 15) is 18.7 Å². The average molecular weight is 439 g/mol. The molecule has 9 heteroatoms. The van der Waals surface area contributed by atoms with E-state index in [1.165, 1.54) is 24.4 Å². The van der Waals surface area contributed by atoms with E-state index in [0.29, 0.717) is 24.9 Å². The van der Waals surface area contributed by atoms with Crippen molar-refractivity contribution in [2.45, 2.75) is 37.3 Å². The molecule has 0 bridgehead atoms. The van der Waals surface area contributed by atoms with Crippen molar-refractivity contribution in [1.82, 2.24) is 9.97 Å². The molecule has 1 amide bonds. The standard InChI is InChI=1S/C23H23F2N5O2/c24-14-2-1-3-15(25)21(14)18-6-5-16(26)22(29-18)23(32)30-19-11-28-9-8-13(19)12-4-7-20(31)17(27)10-12/h1-3,5-6,8-9,11-12,17,20,31H,4,7,10,26-27H2,(H,30,32)/t12-,17+,20+/m1/s1. The van der Waals surface area contributed by atoms with Gasteiger partial charge in [-0.05, 0) is 61.1 Å². The zero-order valence-electron chi connectivity index (χ0n) is 17.1. The predicted octanol–water partition coefficient (Wildman–Crippen LogP) is 3.21. The topological polar surface area (TPSA) is 127 Å². The fourth-order valence-corrected chi connectivity index (χ4v) is 4.05. The maximum absolute atomic E-state index is 14.2. The third-order valence-electron chi connectivity index (χ3n) is 5.77. The molecule has 0 aliphatic heterocycles. The van der Waals surface area contributed by atoms with Crippen molar-refractivity contribution in [3.63, 3.8) is 0 Å². The van der Waals surface area contributed by atoms with E-state index in [1.54, 1.807) is 12.3 Å². The molecule has 1 aliphatic rings. The Labute approximate surface area is 183 Å². The van der Waals surface area contributed by atoms with Crippen LogP contribution in [0.1, 0.15) is 41.2 Å². The van der Waals surface area contributed by atoms with Crippen molar-refractivity contribution >= 4 is 17.3 Å². The number of benzene rings is 1. The lowest BCUT2D eigenvalue weighted by molar-refractivity contribution is 0.0998. The van der Waals surface area contributed by atoms with Crippen molar-refractivity contribution in [3.8, 4) is 11.3 Å². The van der Waals surface area contributed by atoms with Gasteiger partial charge in [0.25, 0.3) is 5.91 Å². The van der Waals surface area contributed by atoms with Crippen LogP contribution in [0.3, 0.4) is 0 Å². The second-order valence-corrected chi connectivity index (χ2v) is 7.89. The molecule has 3 aromatic rings. The van der Waals surface area contributed by atoms with Crippen LogP contribution in [0.4, 0.5) is 20.2 Å². The third-order valence-corrected chi connectivity index (χ3v) is 5.77. The Bertz CT molecular complexity index is 1140. The third kappa shape index (κ3) is 4.30. The lowest BCUT2D eigenvalue weighted by atomic mass is 9.80. The van der Waals surface area contributed by atoms with Crippen LogP contribution in [-0.4, -0.2) is 33.1 Å². The second-order valence-electron chi connectivity index (χ2n) is 7.89. The first-order chi connectivity index (χ1) is 15.3. The van der Waals surface area contributed by atoms with Crippen molar-refractivity contribution in [3.05, 3.63) is 71.7 Å². The number of carbonyl (C=O) groups is 1. The molecule has 0 saturated heterocycles. The van der Waals surface area contributed by atoms with Gasteiger partial charge in [0.05, 0.1) is 34.9 Å². The fraction of sp³-hybridized carbons (Fsp3) is 0.261. The highest BCUT2D eigenvalue weighted by atomic mass is 19.1. The number of nitrogens with zero attached hydrogens (tertiary/aromatic N) is 2. The Hall–Kier alpha value is -3.43. The molecular formula is C23H23F2N5O2. The minimum Gasteiger partial charge on any atom is -0.397 e. The molecule has 1 aromatic carbocycles. The molecular weight excluding hydrogens is 416 g/mol. The molecule has 2 heterocycles. The molecule has 4 rings (SSSR count). The number of nitrogen functional groups attached to an aromatic ring is 1. The van der Waals surface area contributed by atoms with E-state index in [-0.39, 0.29) is 34.6 Å². The van der Waals surface area contributed by atoms with Crippen LogP contribution in [0.25, 0.3) is 11.3 Å². The van der Waals surface area contributed by atoms with Gasteiger partial charge in [-0.25, -0.2) is 13.8 Å². The molecule has 2 aromatic heterocycles. The molecule has 7 nitrogen and oxygen atoms in total. The first-order valence-electron chi connectivity index (χ1n) is 10.2. The first kappa shape index (κ1) is 21.8. The Balaban J connectivity index is 1.63. The summed E-state index contributed by atoms with van der Waals surface area (Å²) in [6.07, 6.45) is 4.43. The van der Waals surface area contributed by atoms with Crippen LogP contribution in [0.2, 0.25) is 0 Å². The molecule has 0 unspecified atom stereocenters. The molecule has 0 radical (unpaired) electrons. The van der Waals surface area contributed by atoms with Crippen LogP contribution in [0.15, 0.2) is 48.8 Å². The number of amides is 1. The van der Waals surface area contributed by atoms with Gasteiger partial charge in [0.1, 0.15) is 11.6 Å². The van der Waals surface area contributed by atoms with E-state index in [0.717, 1.165) is 17.7 Å². The van der Waals surface area contributed by atoms with E-state index in [1.807, 2.05) is 0 Å². The lowest BCUT2D eigenvalue weighted by Gasteiger charge is -2.32. The number of aliphatic hydroxyl groups is 1. The highest BCUT2D eigenvalue weighted by molar-refractivity contribution is 6.06. The Morgan fingerprint density at radius 3 is 2.59 bits per heavy atom. The smallest absolute Gasteiger partial charge is 0.276 e. The van der Waals surface area contributed by atoms with Gasteiger partial charge in [0.2, 0.25) is 0 Å². The van der Waals surface area contributed by atoms with Gasteiger partial charge >= 0.3 is 0 Å². The van der Waals surface area contributed by atoms with Crippen molar-refractivity contribution in [2.24, 2.45) is 5.73 Å². The van der Waals surface area contributed by atoms with Gasteiger partial charge in [0.15, 0.2) is 5.69 Å². The van der Waals surface area contributed by atoms with E-state index < -0.39 is 23.6 Å². The normalized spacial score (nSPS) is 20.7. The lowest BCUT2D eigenvalue weighted by Crippen LogP contribution is -2.39. The SMILES string of the molecule is Nc1ccc(-c2c(F)cccc2F)nc1C(=O)Nc1cnccc1[C@@H]1CC[C@H](O)[C@@H](N)C1. The molecule has 32 heavy (non-hydrogen) atoms. The Morgan fingerprint density at radius 1 is 1.12 bits per heavy atom. The van der Waals surface area contributed by atoms with Gasteiger partial charge in [-0.1, -0.05) is 6.07 Å². The number of aromatic nitrogens is 2. The van der Waals surface area contributed by atoms with E-state index >= 15 is 0 Å². The number of nitrogens with two attached hydrogens (primary N) is 2. The summed E-state index contributed by atoms with van der Waals surface area (Å²) < 4.78 is 28.4. The summed E-state index contributed by atoms with van der Waals surface area (Å²) in [7, 11) is 0. The van der Waals surface area contributed by atoms with Crippen molar-refractivity contribution in [2.75, 3.05) is 11.1 Å². The number of hydrogen-bond acceptors (Lipinski definition) is 6. The number of aliphatic hydroxyl groups excluding tert-OH is 1. The molecule has 1 saturated carbocycles. The second kappa shape index (κ2) is 8.97. The monoisotopic (exact) mass is 439 g/mol. The maximum atomic E-state index is 14.2. The van der Waals surface area contributed by atoms with E-state index in [4.69, 9.17) is 11.5 Å². The number of halogens is 2. The Kier molecular flexibility index (Phi) is 6.11. The van der Waals surface area contributed by atoms with Crippen LogP contribution in [0, 0.1) is 11.6 Å². The summed E-state index contributed by atoms with van der Waals surface area (Å²) in [6.45, 7) is 0. The molecule has 6 N–H and O–H groups in total. The zero-order chi connectivity index (χ0) is 22.8. The van der Waals surface area contributed by atoms with Crippen molar-refractivity contribution < 1.29 is 18.7 Å². The molecule has 166 valence electrons. The molecule has 1 aliphatic carbocycles. The molecule has 0 spiro atoms. The fourth-order valence-electron chi connectivity index (χ4n) is 4.05. The first-order valence-corrected chi connectivity index (χ1v) is 10.2. The number of rotatable bonds is 4. The minimum atomic E-state index is -0.793. The largest absolute Gasteiger partial charge is 0.397 e. The van der Waals surface area contributed by atoms with Gasteiger partial charge in [-0.3, -0.25) is 9.78 Å². The van der Waals surface area contributed by atoms with Gasteiger partial charge < -0.3 is 21.9 Å². The van der Waals surface area contributed by atoms with Gasteiger partial charge in [0, 0.05) is 12.2 Å². The van der Waals surface area contributed by atoms with Crippen LogP contribution >= 0.6 is 0 Å². The highest BCUT2D eigenvalue weighted by Gasteiger charge is 2.29. The Morgan fingerprint density at radius 2 is 1.88 bits per heavy atom. The molecule has 3 atom stereocenters. The summed E-state index contributed by atoms with van der Waals surface area (Å²) in [5.41, 5.74) is 12.8. The average Bonchev–Trinajstić information content (AvgIpc) is 2.77. The maximum Gasteiger partial charge on any atom is 0.276 e. The summed E-state index contributed by atoms with van der Waals surface area (Å²) >= 11 is 0. The summed E-state index contributed by atoms with van der Waals surface area (Å²) in [4.78, 5) is 21.2. The van der Waals surface area contributed by atoms with Crippen LogP contribution < -0.4 is 16.8 Å². The number of hydrogen-bond donors (Lipinski definition) is 4. The zero-order valence-corrected chi connectivity index (χ0v) is 17.1. The predicted molar refractivity (Wildman–Crippen MR) is 117 cm³/mol. The van der Waals surface area contributed by atoms with E-state index in [2.05, 4.69) is 15.3 Å². The summed E-state index contributed by atoms with van der Waals surface area (Å²) in [6, 6.07) is 7.67. The van der Waals surface area contributed by atoms with Crippen molar-refractivity contribution in [1.29, 1.82) is 0 Å². The molecule has 1 fully saturated rings. The number of nitrogens with one attached hydrogen (secondary N) is 1. The highest BCUT2D eigenvalue weighted by Crippen LogP contribution is 2.36. The number of pyridine rings is 2.